The number of nitrogens with zero attached hydrogens (tertiary/aromatic N) is 2. The first-order valence-electron chi connectivity index (χ1n) is 6.73. The molecule has 0 saturated heterocycles. The first-order valence-corrected chi connectivity index (χ1v) is 6.73. The molecule has 0 bridgehead atoms. The van der Waals surface area contributed by atoms with Gasteiger partial charge in [-0.25, -0.2) is 14.4 Å². The van der Waals surface area contributed by atoms with E-state index in [4.69, 9.17) is 0 Å². The Morgan fingerprint density at radius 3 is 2.76 bits per heavy atom. The van der Waals surface area contributed by atoms with Crippen molar-refractivity contribution in [1.29, 1.82) is 0 Å². The molecule has 6 heteroatoms. The quantitative estimate of drug-likeness (QED) is 0.887. The van der Waals surface area contributed by atoms with E-state index >= 15 is 0 Å². The normalized spacial score (nSPS) is 10.2. The molecule has 1 heterocycles. The van der Waals surface area contributed by atoms with E-state index in [2.05, 4.69) is 20.6 Å². The zero-order valence-corrected chi connectivity index (χ0v) is 12.0. The number of benzene rings is 1. The summed E-state index contributed by atoms with van der Waals surface area (Å²) in [6.45, 7) is 4.65. The largest absolute Gasteiger partial charge is 0.369 e. The van der Waals surface area contributed by atoms with E-state index in [1.54, 1.807) is 12.1 Å². The number of halogens is 1. The summed E-state index contributed by atoms with van der Waals surface area (Å²) >= 11 is 0. The maximum Gasteiger partial charge on any atom is 0.275 e. The van der Waals surface area contributed by atoms with E-state index in [1.165, 1.54) is 18.5 Å². The van der Waals surface area contributed by atoms with E-state index in [0.29, 0.717) is 5.82 Å². The molecule has 0 unspecified atom stereocenters. The van der Waals surface area contributed by atoms with Gasteiger partial charge in [0.05, 0.1) is 18.1 Å². The van der Waals surface area contributed by atoms with E-state index in [1.807, 2.05) is 13.8 Å². The molecule has 0 spiro atoms. The number of nitrogens with one attached hydrogen (secondary N) is 2. The molecule has 1 aromatic heterocycles. The van der Waals surface area contributed by atoms with Crippen LogP contribution in [0.3, 0.4) is 0 Å². The van der Waals surface area contributed by atoms with Gasteiger partial charge < -0.3 is 10.6 Å². The van der Waals surface area contributed by atoms with Gasteiger partial charge in [-0.3, -0.25) is 4.79 Å². The molecule has 0 fully saturated rings. The van der Waals surface area contributed by atoms with Crippen molar-refractivity contribution in [1.82, 2.24) is 9.97 Å². The summed E-state index contributed by atoms with van der Waals surface area (Å²) in [5, 5.41) is 5.55. The SMILES string of the molecule is CCCNc1cnc(C(=O)Nc2cc(C)ccc2F)cn1. The fourth-order valence-electron chi connectivity index (χ4n) is 1.71. The third kappa shape index (κ3) is 3.98. The molecule has 0 aliphatic heterocycles. The van der Waals surface area contributed by atoms with Crippen molar-refractivity contribution in [3.05, 3.63) is 47.7 Å². The molecule has 0 aliphatic rings. The topological polar surface area (TPSA) is 66.9 Å². The average molecular weight is 288 g/mol. The molecule has 2 N–H and O–H groups in total. The van der Waals surface area contributed by atoms with E-state index < -0.39 is 11.7 Å². The Bertz CT molecular complexity index is 628. The highest BCUT2D eigenvalue weighted by Crippen LogP contribution is 2.16. The van der Waals surface area contributed by atoms with E-state index in [9.17, 15) is 9.18 Å². The van der Waals surface area contributed by atoms with Gasteiger partial charge >= 0.3 is 0 Å². The summed E-state index contributed by atoms with van der Waals surface area (Å²) in [5.41, 5.74) is 1.13. The van der Waals surface area contributed by atoms with Gasteiger partial charge in [-0.2, -0.15) is 0 Å². The second kappa shape index (κ2) is 6.78. The zero-order valence-electron chi connectivity index (χ0n) is 12.0. The summed E-state index contributed by atoms with van der Waals surface area (Å²) in [4.78, 5) is 20.1. The molecule has 0 atom stereocenters. The lowest BCUT2D eigenvalue weighted by molar-refractivity contribution is 0.102. The lowest BCUT2D eigenvalue weighted by atomic mass is 10.2. The molecular weight excluding hydrogens is 271 g/mol. The maximum atomic E-state index is 13.6. The van der Waals surface area contributed by atoms with Crippen molar-refractivity contribution in [2.75, 3.05) is 17.2 Å². The molecule has 0 saturated carbocycles. The van der Waals surface area contributed by atoms with Crippen LogP contribution >= 0.6 is 0 Å². The van der Waals surface area contributed by atoms with Crippen LogP contribution in [-0.2, 0) is 0 Å². The Morgan fingerprint density at radius 1 is 1.29 bits per heavy atom. The highest BCUT2D eigenvalue weighted by molar-refractivity contribution is 6.02. The van der Waals surface area contributed by atoms with Gasteiger partial charge in [-0.05, 0) is 31.0 Å². The van der Waals surface area contributed by atoms with Crippen molar-refractivity contribution >= 4 is 17.4 Å². The highest BCUT2D eigenvalue weighted by atomic mass is 19.1. The lowest BCUT2D eigenvalue weighted by Crippen LogP contribution is -2.15. The van der Waals surface area contributed by atoms with Crippen LogP contribution in [-0.4, -0.2) is 22.4 Å². The molecular formula is C15H17FN4O. The van der Waals surface area contributed by atoms with Crippen molar-refractivity contribution < 1.29 is 9.18 Å². The van der Waals surface area contributed by atoms with Crippen molar-refractivity contribution in [2.24, 2.45) is 0 Å². The van der Waals surface area contributed by atoms with Crippen LogP contribution in [0.1, 0.15) is 29.4 Å². The smallest absolute Gasteiger partial charge is 0.275 e. The molecule has 2 rings (SSSR count). The van der Waals surface area contributed by atoms with Crippen LogP contribution < -0.4 is 10.6 Å². The number of amides is 1. The number of anilines is 2. The van der Waals surface area contributed by atoms with Crippen LogP contribution in [0.15, 0.2) is 30.6 Å². The average Bonchev–Trinajstić information content (AvgIpc) is 2.49. The number of aryl methyl sites for hydroxylation is 1. The van der Waals surface area contributed by atoms with Gasteiger partial charge in [0.1, 0.15) is 17.3 Å². The minimum Gasteiger partial charge on any atom is -0.369 e. The number of rotatable bonds is 5. The Hall–Kier alpha value is -2.50. The third-order valence-electron chi connectivity index (χ3n) is 2.81. The summed E-state index contributed by atoms with van der Waals surface area (Å²) in [7, 11) is 0. The van der Waals surface area contributed by atoms with Gasteiger partial charge in [-0.1, -0.05) is 13.0 Å². The van der Waals surface area contributed by atoms with Gasteiger partial charge in [0.15, 0.2) is 0 Å². The summed E-state index contributed by atoms with van der Waals surface area (Å²) in [5.74, 6) is -0.368. The number of hydrogen-bond acceptors (Lipinski definition) is 4. The standard InChI is InChI=1S/C15H17FN4O/c1-3-6-17-14-9-18-13(8-19-14)15(21)20-12-7-10(2)4-5-11(12)16/h4-5,7-9H,3,6H2,1-2H3,(H,17,19)(H,20,21). The molecule has 5 nitrogen and oxygen atoms in total. The minimum absolute atomic E-state index is 0.134. The van der Waals surface area contributed by atoms with Gasteiger partial charge in [-0.15, -0.1) is 0 Å². The molecule has 1 aromatic carbocycles. The van der Waals surface area contributed by atoms with E-state index in [-0.39, 0.29) is 11.4 Å². The molecule has 0 aliphatic carbocycles. The molecule has 2 aromatic rings. The fraction of sp³-hybridized carbons (Fsp3) is 0.267. The Labute approximate surface area is 122 Å². The Balaban J connectivity index is 2.07. The number of carbonyl (C=O) groups excluding carboxylic acids is 1. The summed E-state index contributed by atoms with van der Waals surface area (Å²) < 4.78 is 13.6. The van der Waals surface area contributed by atoms with Crippen molar-refractivity contribution in [3.8, 4) is 0 Å². The second-order valence-electron chi connectivity index (χ2n) is 4.65. The van der Waals surface area contributed by atoms with Crippen molar-refractivity contribution in [3.63, 3.8) is 0 Å². The summed E-state index contributed by atoms with van der Waals surface area (Å²) in [6.07, 6.45) is 3.81. The number of aromatic nitrogens is 2. The predicted octanol–water partition coefficient (Wildman–Crippen LogP) is 3.00. The second-order valence-corrected chi connectivity index (χ2v) is 4.65. The van der Waals surface area contributed by atoms with Crippen molar-refractivity contribution in [2.45, 2.75) is 20.3 Å². The lowest BCUT2D eigenvalue weighted by Gasteiger charge is -2.07. The fourth-order valence-corrected chi connectivity index (χ4v) is 1.71. The summed E-state index contributed by atoms with van der Waals surface area (Å²) in [6, 6.07) is 4.52. The van der Waals surface area contributed by atoms with Crippen LogP contribution in [0, 0.1) is 12.7 Å². The third-order valence-corrected chi connectivity index (χ3v) is 2.81. The van der Waals surface area contributed by atoms with Gasteiger partial charge in [0.25, 0.3) is 5.91 Å². The highest BCUT2D eigenvalue weighted by Gasteiger charge is 2.11. The molecule has 21 heavy (non-hydrogen) atoms. The first kappa shape index (κ1) is 14.9. The minimum atomic E-state index is -0.492. The van der Waals surface area contributed by atoms with Crippen LogP contribution in [0.5, 0.6) is 0 Å². The number of hydrogen-bond donors (Lipinski definition) is 2. The van der Waals surface area contributed by atoms with Gasteiger partial charge in [0.2, 0.25) is 0 Å². The van der Waals surface area contributed by atoms with Crippen LogP contribution in [0.2, 0.25) is 0 Å². The monoisotopic (exact) mass is 288 g/mol. The Kier molecular flexibility index (Phi) is 4.81. The van der Waals surface area contributed by atoms with E-state index in [0.717, 1.165) is 18.5 Å². The van der Waals surface area contributed by atoms with Crippen LogP contribution in [0.4, 0.5) is 15.9 Å². The maximum absolute atomic E-state index is 13.6. The number of carbonyl (C=O) groups is 1. The molecule has 110 valence electrons. The molecule has 0 radical (unpaired) electrons. The van der Waals surface area contributed by atoms with Crippen LogP contribution in [0.25, 0.3) is 0 Å². The first-order chi connectivity index (χ1) is 10.1. The van der Waals surface area contributed by atoms with Gasteiger partial charge in [0, 0.05) is 6.54 Å². The zero-order chi connectivity index (χ0) is 15.2. The predicted molar refractivity (Wildman–Crippen MR) is 79.9 cm³/mol. The Morgan fingerprint density at radius 2 is 2.10 bits per heavy atom. The molecule has 1 amide bonds.